The van der Waals surface area contributed by atoms with Crippen LogP contribution in [0.3, 0.4) is 0 Å². The van der Waals surface area contributed by atoms with Crippen molar-refractivity contribution in [2.24, 2.45) is 17.6 Å². The molecule has 2 aliphatic rings. The molecular weight excluding hydrogens is 380 g/mol. The number of halogens is 1. The molecule has 1 aromatic rings. The summed E-state index contributed by atoms with van der Waals surface area (Å²) in [6, 6.07) is 1.53. The van der Waals surface area contributed by atoms with Crippen LogP contribution >= 0.6 is 11.6 Å². The number of ether oxygens (including phenoxy) is 2. The maximum atomic E-state index is 12.6. The van der Waals surface area contributed by atoms with Gasteiger partial charge in [0.25, 0.3) is 15.9 Å². The fraction of sp³-hybridized carbons (Fsp3) is 0.471. The van der Waals surface area contributed by atoms with Gasteiger partial charge in [-0.2, -0.15) is 0 Å². The van der Waals surface area contributed by atoms with Gasteiger partial charge in [-0.05, 0) is 36.7 Å². The summed E-state index contributed by atoms with van der Waals surface area (Å²) in [5.41, 5.74) is 6.76. The average Bonchev–Trinajstić information content (AvgIpc) is 3.38. The van der Waals surface area contributed by atoms with E-state index in [2.05, 4.69) is 0 Å². The number of hydrogen-bond donors (Lipinski definition) is 2. The number of nitrogens with two attached hydrogens (primary N) is 1. The lowest BCUT2D eigenvalue weighted by molar-refractivity contribution is -0.119. The van der Waals surface area contributed by atoms with Crippen LogP contribution in [-0.4, -0.2) is 34.6 Å². The van der Waals surface area contributed by atoms with Crippen molar-refractivity contribution in [3.05, 3.63) is 28.8 Å². The summed E-state index contributed by atoms with van der Waals surface area (Å²) in [5, 5.41) is -0.0887. The topological polar surface area (TPSA) is 108 Å². The number of fused-ring (bicyclic) bond motifs is 1. The summed E-state index contributed by atoms with van der Waals surface area (Å²) in [7, 11) is -1.43. The Hall–Kier alpha value is -1.77. The van der Waals surface area contributed by atoms with E-state index in [4.69, 9.17) is 26.8 Å². The van der Waals surface area contributed by atoms with Gasteiger partial charge in [0, 0.05) is 12.1 Å². The monoisotopic (exact) mass is 400 g/mol. The van der Waals surface area contributed by atoms with Crippen LogP contribution in [0.4, 0.5) is 0 Å². The van der Waals surface area contributed by atoms with Crippen molar-refractivity contribution in [3.8, 4) is 11.5 Å². The molecule has 0 bridgehead atoms. The van der Waals surface area contributed by atoms with Crippen molar-refractivity contribution in [2.75, 3.05) is 14.2 Å². The summed E-state index contributed by atoms with van der Waals surface area (Å²) in [6.45, 7) is 0. The van der Waals surface area contributed by atoms with Crippen molar-refractivity contribution in [2.45, 2.75) is 30.2 Å². The van der Waals surface area contributed by atoms with Crippen LogP contribution in [0.15, 0.2) is 28.7 Å². The Morgan fingerprint density at radius 2 is 1.92 bits per heavy atom. The molecule has 0 aromatic heterocycles. The number of hydrogen-bond acceptors (Lipinski definition) is 6. The number of allylic oxidation sites excluding steroid dienone is 1. The molecular formula is C17H21ClN2O5S. The summed E-state index contributed by atoms with van der Waals surface area (Å²) in [4.78, 5) is 12.1. The number of rotatable bonds is 6. The molecule has 0 saturated heterocycles. The lowest BCUT2D eigenvalue weighted by atomic mass is 9.94. The predicted octanol–water partition coefficient (Wildman–Crippen LogP) is 1.85. The highest BCUT2D eigenvalue weighted by Gasteiger charge is 2.41. The van der Waals surface area contributed by atoms with E-state index in [0.29, 0.717) is 11.8 Å². The van der Waals surface area contributed by atoms with Crippen LogP contribution in [-0.2, 0) is 14.8 Å². The zero-order valence-electron chi connectivity index (χ0n) is 14.5. The molecule has 3 atom stereocenters. The number of sulfonamides is 1. The Balaban J connectivity index is 1.80. The van der Waals surface area contributed by atoms with Gasteiger partial charge < -0.3 is 15.2 Å². The van der Waals surface area contributed by atoms with E-state index in [1.165, 1.54) is 26.4 Å². The zero-order valence-corrected chi connectivity index (χ0v) is 16.1. The normalized spacial score (nSPS) is 22.7. The fourth-order valence-electron chi connectivity index (χ4n) is 3.25. The van der Waals surface area contributed by atoms with E-state index in [1.54, 1.807) is 0 Å². The van der Waals surface area contributed by atoms with E-state index in [-0.39, 0.29) is 21.4 Å². The number of benzene rings is 1. The molecule has 2 unspecified atom stereocenters. The average molecular weight is 401 g/mol. The van der Waals surface area contributed by atoms with E-state index in [1.807, 2.05) is 10.8 Å². The van der Waals surface area contributed by atoms with Crippen LogP contribution in [0.2, 0.25) is 5.02 Å². The zero-order chi connectivity index (χ0) is 19.1. The molecule has 26 heavy (non-hydrogen) atoms. The Kier molecular flexibility index (Phi) is 5.18. The van der Waals surface area contributed by atoms with Gasteiger partial charge in [0.05, 0.1) is 19.2 Å². The van der Waals surface area contributed by atoms with Crippen molar-refractivity contribution >= 4 is 27.5 Å². The molecule has 0 aliphatic heterocycles. The van der Waals surface area contributed by atoms with Gasteiger partial charge in [0.1, 0.15) is 10.9 Å². The third-order valence-corrected chi connectivity index (χ3v) is 6.71. The van der Waals surface area contributed by atoms with Crippen molar-refractivity contribution in [1.29, 1.82) is 0 Å². The highest BCUT2D eigenvalue weighted by atomic mass is 35.5. The second-order valence-electron chi connectivity index (χ2n) is 6.56. The van der Waals surface area contributed by atoms with Crippen LogP contribution in [0.1, 0.15) is 19.3 Å². The molecule has 142 valence electrons. The van der Waals surface area contributed by atoms with E-state index >= 15 is 0 Å². The minimum atomic E-state index is -4.21. The summed E-state index contributed by atoms with van der Waals surface area (Å²) in [6.07, 6.45) is 4.74. The minimum Gasteiger partial charge on any atom is -0.493 e. The molecule has 1 saturated carbocycles. The molecule has 1 fully saturated rings. The van der Waals surface area contributed by atoms with Crippen LogP contribution in [0.25, 0.3) is 0 Å². The van der Waals surface area contributed by atoms with Crippen LogP contribution in [0.5, 0.6) is 11.5 Å². The fourth-order valence-corrected chi connectivity index (χ4v) is 4.79. The Bertz CT molecular complexity index is 868. The molecule has 7 nitrogen and oxygen atoms in total. The third-order valence-electron chi connectivity index (χ3n) is 4.89. The van der Waals surface area contributed by atoms with Gasteiger partial charge in [-0.3, -0.25) is 4.79 Å². The maximum Gasteiger partial charge on any atom is 0.265 e. The Labute approximate surface area is 157 Å². The first kappa shape index (κ1) is 19.0. The number of nitrogens with one attached hydrogen (secondary N) is 1. The summed E-state index contributed by atoms with van der Waals surface area (Å²) in [5.74, 6) is 0.963. The smallest absolute Gasteiger partial charge is 0.265 e. The quantitative estimate of drug-likeness (QED) is 0.705. The molecule has 1 amide bonds. The van der Waals surface area contributed by atoms with Gasteiger partial charge in [0.15, 0.2) is 11.5 Å². The highest BCUT2D eigenvalue weighted by Crippen LogP contribution is 2.49. The standard InChI is InChI=1S/C17H21ClN2O5S/c1-24-13-7-12(18)15(8-14(13)25-2)26(22,23)20-17(21)16(19)10-4-3-9-5-11(9)6-10/h4,7-9,11,16H,3,5-6,19H2,1-2H3,(H,20,21)/t9?,11?,16-/m1/s1. The van der Waals surface area contributed by atoms with Crippen LogP contribution in [0, 0.1) is 11.8 Å². The summed E-state index contributed by atoms with van der Waals surface area (Å²) >= 11 is 6.05. The molecule has 0 heterocycles. The Morgan fingerprint density at radius 1 is 1.27 bits per heavy atom. The molecule has 0 spiro atoms. The van der Waals surface area contributed by atoms with Crippen molar-refractivity contribution < 1.29 is 22.7 Å². The molecule has 2 aliphatic carbocycles. The third kappa shape index (κ3) is 3.67. The van der Waals surface area contributed by atoms with Crippen LogP contribution < -0.4 is 19.9 Å². The molecule has 3 rings (SSSR count). The minimum absolute atomic E-state index is 0.0887. The SMILES string of the molecule is COc1cc(Cl)c(S(=O)(=O)NC(=O)[C@H](N)C2=CCC3CC3C2)cc1OC. The lowest BCUT2D eigenvalue weighted by Gasteiger charge is -2.19. The molecule has 9 heteroatoms. The van der Waals surface area contributed by atoms with Gasteiger partial charge in [0.2, 0.25) is 0 Å². The second kappa shape index (κ2) is 7.09. The molecule has 1 aromatic carbocycles. The van der Waals surface area contributed by atoms with Crippen molar-refractivity contribution in [3.63, 3.8) is 0 Å². The molecule has 3 N–H and O–H groups in total. The predicted molar refractivity (Wildman–Crippen MR) is 96.8 cm³/mol. The van der Waals surface area contributed by atoms with Gasteiger partial charge in [-0.15, -0.1) is 0 Å². The second-order valence-corrected chi connectivity index (χ2v) is 8.62. The first-order valence-corrected chi connectivity index (χ1v) is 10.1. The van der Waals surface area contributed by atoms with Crippen molar-refractivity contribution in [1.82, 2.24) is 4.72 Å². The van der Waals surface area contributed by atoms with Gasteiger partial charge in [-0.1, -0.05) is 17.7 Å². The number of amides is 1. The molecule has 0 radical (unpaired) electrons. The van der Waals surface area contributed by atoms with Gasteiger partial charge in [-0.25, -0.2) is 13.1 Å². The first-order chi connectivity index (χ1) is 12.3. The van der Waals surface area contributed by atoms with Gasteiger partial charge >= 0.3 is 0 Å². The number of carbonyl (C=O) groups is 1. The maximum absolute atomic E-state index is 12.6. The largest absolute Gasteiger partial charge is 0.493 e. The number of carbonyl (C=O) groups excluding carboxylic acids is 1. The van der Waals surface area contributed by atoms with E-state index < -0.39 is 22.0 Å². The van der Waals surface area contributed by atoms with E-state index in [9.17, 15) is 13.2 Å². The Morgan fingerprint density at radius 3 is 2.54 bits per heavy atom. The number of methoxy groups -OCH3 is 2. The van der Waals surface area contributed by atoms with E-state index in [0.717, 1.165) is 24.8 Å². The summed E-state index contributed by atoms with van der Waals surface area (Å²) < 4.78 is 37.4. The highest BCUT2D eigenvalue weighted by molar-refractivity contribution is 7.90. The first-order valence-electron chi connectivity index (χ1n) is 8.19. The lowest BCUT2D eigenvalue weighted by Crippen LogP contribution is -2.44.